The summed E-state index contributed by atoms with van der Waals surface area (Å²) in [5.74, 6) is 0.869. The van der Waals surface area contributed by atoms with Crippen molar-refractivity contribution in [2.45, 2.75) is 0 Å². The van der Waals surface area contributed by atoms with Gasteiger partial charge in [0, 0.05) is 7.11 Å². The van der Waals surface area contributed by atoms with Crippen molar-refractivity contribution in [3.63, 3.8) is 0 Å². The summed E-state index contributed by atoms with van der Waals surface area (Å²) in [5.41, 5.74) is 1.14. The molecule has 0 unspecified atom stereocenters. The van der Waals surface area contributed by atoms with E-state index in [2.05, 4.69) is 15.9 Å². The van der Waals surface area contributed by atoms with Crippen molar-refractivity contribution < 1.29 is 9.47 Å². The fourth-order valence-electron chi connectivity index (χ4n) is 0.991. The Bertz CT molecular complexity index is 280. The molecule has 0 aromatic heterocycles. The summed E-state index contributed by atoms with van der Waals surface area (Å²) in [6.07, 6.45) is 1.97. The van der Waals surface area contributed by atoms with Crippen molar-refractivity contribution in [2.75, 3.05) is 20.3 Å². The van der Waals surface area contributed by atoms with Crippen LogP contribution in [0.25, 0.3) is 6.08 Å². The highest BCUT2D eigenvalue weighted by Gasteiger charge is 1.92. The van der Waals surface area contributed by atoms with Crippen molar-refractivity contribution in [3.05, 3.63) is 34.8 Å². The molecule has 2 nitrogen and oxygen atoms in total. The minimum atomic E-state index is 0.587. The average molecular weight is 257 g/mol. The Balaban J connectivity index is 2.46. The van der Waals surface area contributed by atoms with Crippen molar-refractivity contribution in [1.29, 1.82) is 0 Å². The number of rotatable bonds is 5. The number of ether oxygens (including phenoxy) is 2. The summed E-state index contributed by atoms with van der Waals surface area (Å²) >= 11 is 3.23. The second-order valence-corrected chi connectivity index (χ2v) is 3.23. The van der Waals surface area contributed by atoms with Gasteiger partial charge in [-0.05, 0) is 28.8 Å². The molecule has 0 atom stereocenters. The zero-order valence-corrected chi connectivity index (χ0v) is 9.66. The summed E-state index contributed by atoms with van der Waals surface area (Å²) in [4.78, 5) is 1.83. The molecule has 14 heavy (non-hydrogen) atoms. The third-order valence-electron chi connectivity index (χ3n) is 1.69. The molecule has 0 aliphatic heterocycles. The van der Waals surface area contributed by atoms with E-state index in [1.807, 2.05) is 35.3 Å². The zero-order chi connectivity index (χ0) is 10.2. The van der Waals surface area contributed by atoms with E-state index in [-0.39, 0.29) is 0 Å². The predicted molar refractivity (Wildman–Crippen MR) is 61.8 cm³/mol. The normalized spacial score (nSPS) is 10.7. The van der Waals surface area contributed by atoms with Gasteiger partial charge in [-0.3, -0.25) is 0 Å². The number of benzene rings is 1. The lowest BCUT2D eigenvalue weighted by atomic mass is 10.2. The predicted octanol–water partition coefficient (Wildman–Crippen LogP) is 3.08. The molecule has 0 aliphatic rings. The molecule has 0 bridgehead atoms. The minimum absolute atomic E-state index is 0.587. The van der Waals surface area contributed by atoms with Gasteiger partial charge >= 0.3 is 0 Å². The van der Waals surface area contributed by atoms with Crippen molar-refractivity contribution in [2.24, 2.45) is 0 Å². The SMILES string of the molecule is COCCOc1ccc(/C=C/Br)cc1. The molecule has 0 saturated carbocycles. The van der Waals surface area contributed by atoms with Crippen LogP contribution in [0.3, 0.4) is 0 Å². The monoisotopic (exact) mass is 256 g/mol. The molecular weight excluding hydrogens is 244 g/mol. The van der Waals surface area contributed by atoms with Crippen molar-refractivity contribution >= 4 is 22.0 Å². The van der Waals surface area contributed by atoms with E-state index in [1.165, 1.54) is 0 Å². The second-order valence-electron chi connectivity index (χ2n) is 2.70. The van der Waals surface area contributed by atoms with E-state index in [0.29, 0.717) is 13.2 Å². The van der Waals surface area contributed by atoms with Gasteiger partial charge in [0.15, 0.2) is 0 Å². The molecular formula is C11H13BrO2. The third-order valence-corrected chi connectivity index (χ3v) is 1.96. The van der Waals surface area contributed by atoms with Crippen LogP contribution < -0.4 is 4.74 Å². The molecule has 1 aromatic carbocycles. The highest BCUT2D eigenvalue weighted by Crippen LogP contribution is 2.13. The van der Waals surface area contributed by atoms with Crippen LogP contribution in [0.5, 0.6) is 5.75 Å². The third kappa shape index (κ3) is 3.94. The smallest absolute Gasteiger partial charge is 0.119 e. The minimum Gasteiger partial charge on any atom is -0.491 e. The molecule has 0 fully saturated rings. The van der Waals surface area contributed by atoms with Gasteiger partial charge in [0.1, 0.15) is 12.4 Å². The van der Waals surface area contributed by atoms with Gasteiger partial charge in [-0.25, -0.2) is 0 Å². The molecule has 1 aromatic rings. The first-order valence-corrected chi connectivity index (χ1v) is 5.27. The fourth-order valence-corrected chi connectivity index (χ4v) is 1.30. The summed E-state index contributed by atoms with van der Waals surface area (Å²) in [6, 6.07) is 7.88. The van der Waals surface area contributed by atoms with Gasteiger partial charge in [-0.1, -0.05) is 28.1 Å². The van der Waals surface area contributed by atoms with Gasteiger partial charge in [0.2, 0.25) is 0 Å². The Labute approximate surface area is 92.7 Å². The fraction of sp³-hybridized carbons (Fsp3) is 0.273. The van der Waals surface area contributed by atoms with E-state index in [4.69, 9.17) is 9.47 Å². The van der Waals surface area contributed by atoms with Gasteiger partial charge in [0.25, 0.3) is 0 Å². The van der Waals surface area contributed by atoms with Crippen LogP contribution in [0.15, 0.2) is 29.3 Å². The lowest BCUT2D eigenvalue weighted by Gasteiger charge is -2.04. The van der Waals surface area contributed by atoms with Crippen molar-refractivity contribution in [3.8, 4) is 5.75 Å². The van der Waals surface area contributed by atoms with E-state index in [9.17, 15) is 0 Å². The first-order valence-electron chi connectivity index (χ1n) is 4.35. The largest absolute Gasteiger partial charge is 0.491 e. The molecule has 76 valence electrons. The second kappa shape index (κ2) is 6.62. The molecule has 0 radical (unpaired) electrons. The Hall–Kier alpha value is -0.800. The number of hydrogen-bond donors (Lipinski definition) is 0. The van der Waals surface area contributed by atoms with Crippen LogP contribution in [0.2, 0.25) is 0 Å². The zero-order valence-electron chi connectivity index (χ0n) is 8.07. The van der Waals surface area contributed by atoms with Gasteiger partial charge in [0.05, 0.1) is 6.61 Å². The number of halogens is 1. The maximum absolute atomic E-state index is 5.42. The molecule has 3 heteroatoms. The van der Waals surface area contributed by atoms with E-state index in [0.717, 1.165) is 11.3 Å². The van der Waals surface area contributed by atoms with Crippen molar-refractivity contribution in [1.82, 2.24) is 0 Å². The van der Waals surface area contributed by atoms with E-state index in [1.54, 1.807) is 7.11 Å². The van der Waals surface area contributed by atoms with Gasteiger partial charge in [-0.15, -0.1) is 0 Å². The molecule has 1 rings (SSSR count). The molecule has 0 heterocycles. The molecule has 0 N–H and O–H groups in total. The Kier molecular flexibility index (Phi) is 5.33. The maximum Gasteiger partial charge on any atom is 0.119 e. The van der Waals surface area contributed by atoms with Crippen LogP contribution in [-0.4, -0.2) is 20.3 Å². The van der Waals surface area contributed by atoms with Crippen LogP contribution in [0, 0.1) is 0 Å². The summed E-state index contributed by atoms with van der Waals surface area (Å²) in [6.45, 7) is 1.20. The molecule has 0 saturated heterocycles. The van der Waals surface area contributed by atoms with Crippen LogP contribution >= 0.6 is 15.9 Å². The molecule has 0 amide bonds. The highest BCUT2D eigenvalue weighted by atomic mass is 79.9. The summed E-state index contributed by atoms with van der Waals surface area (Å²) in [7, 11) is 1.66. The van der Waals surface area contributed by atoms with Crippen LogP contribution in [0.1, 0.15) is 5.56 Å². The molecule has 0 aliphatic carbocycles. The first kappa shape index (κ1) is 11.3. The standard InChI is InChI=1S/C11H13BrO2/c1-13-8-9-14-11-4-2-10(3-5-11)6-7-12/h2-7H,8-9H2,1H3/b7-6+. The average Bonchev–Trinajstić information content (AvgIpc) is 2.21. The lowest BCUT2D eigenvalue weighted by Crippen LogP contribution is -2.03. The molecule has 0 spiro atoms. The van der Waals surface area contributed by atoms with E-state index >= 15 is 0 Å². The summed E-state index contributed by atoms with van der Waals surface area (Å²) in [5, 5.41) is 0. The van der Waals surface area contributed by atoms with Gasteiger partial charge < -0.3 is 9.47 Å². The van der Waals surface area contributed by atoms with Crippen LogP contribution in [-0.2, 0) is 4.74 Å². The maximum atomic E-state index is 5.42. The Morgan fingerprint density at radius 3 is 2.50 bits per heavy atom. The Morgan fingerprint density at radius 1 is 1.21 bits per heavy atom. The summed E-state index contributed by atoms with van der Waals surface area (Å²) < 4.78 is 10.3. The quantitative estimate of drug-likeness (QED) is 0.754. The van der Waals surface area contributed by atoms with Crippen LogP contribution in [0.4, 0.5) is 0 Å². The topological polar surface area (TPSA) is 18.5 Å². The van der Waals surface area contributed by atoms with Gasteiger partial charge in [-0.2, -0.15) is 0 Å². The lowest BCUT2D eigenvalue weighted by molar-refractivity contribution is 0.146. The number of hydrogen-bond acceptors (Lipinski definition) is 2. The Morgan fingerprint density at radius 2 is 1.93 bits per heavy atom. The number of methoxy groups -OCH3 is 1. The highest BCUT2D eigenvalue weighted by molar-refractivity contribution is 9.11. The van der Waals surface area contributed by atoms with E-state index < -0.39 is 0 Å². The first-order chi connectivity index (χ1) is 6.86.